The minimum absolute atomic E-state index is 0.0246. The highest BCUT2D eigenvalue weighted by Crippen LogP contribution is 2.24. The van der Waals surface area contributed by atoms with E-state index in [2.05, 4.69) is 5.32 Å². The van der Waals surface area contributed by atoms with Crippen LogP contribution in [0.2, 0.25) is 0 Å². The fourth-order valence-electron chi connectivity index (χ4n) is 2.99. The standard InChI is InChI=1S/C19H30N4O3/c1-22(2)12-13-26-17-8-4-3-7-16(17)19(25)23-11-5-6-15(14-23)18(24)21-10-9-20/h3-4,7-8,15H,5-6,9-14,20H2,1-2H3,(H,21,24). The normalized spacial score (nSPS) is 17.2. The molecule has 0 aliphatic carbocycles. The second-order valence-electron chi connectivity index (χ2n) is 6.82. The molecule has 1 saturated heterocycles. The Bertz CT molecular complexity index is 606. The summed E-state index contributed by atoms with van der Waals surface area (Å²) < 4.78 is 5.80. The predicted molar refractivity (Wildman–Crippen MR) is 101 cm³/mol. The molecule has 7 nitrogen and oxygen atoms in total. The van der Waals surface area contributed by atoms with E-state index in [0.29, 0.717) is 44.1 Å². The molecular weight excluding hydrogens is 332 g/mol. The van der Waals surface area contributed by atoms with Gasteiger partial charge in [-0.05, 0) is 39.1 Å². The van der Waals surface area contributed by atoms with Gasteiger partial charge in [0.1, 0.15) is 12.4 Å². The van der Waals surface area contributed by atoms with Crippen molar-refractivity contribution in [2.75, 3.05) is 53.4 Å². The number of ether oxygens (including phenoxy) is 1. The maximum absolute atomic E-state index is 13.0. The van der Waals surface area contributed by atoms with Crippen LogP contribution < -0.4 is 15.8 Å². The molecule has 144 valence electrons. The van der Waals surface area contributed by atoms with Crippen LogP contribution in [-0.2, 0) is 4.79 Å². The average Bonchev–Trinajstić information content (AvgIpc) is 2.65. The summed E-state index contributed by atoms with van der Waals surface area (Å²) in [4.78, 5) is 29.0. The molecular formula is C19H30N4O3. The van der Waals surface area contributed by atoms with Crippen LogP contribution in [0.25, 0.3) is 0 Å². The Kier molecular flexibility index (Phi) is 7.87. The molecule has 1 atom stereocenters. The Labute approximate surface area is 155 Å². The summed E-state index contributed by atoms with van der Waals surface area (Å²) in [7, 11) is 3.95. The zero-order chi connectivity index (χ0) is 18.9. The first-order valence-corrected chi connectivity index (χ1v) is 9.16. The number of carbonyl (C=O) groups is 2. The Morgan fingerprint density at radius 1 is 1.35 bits per heavy atom. The van der Waals surface area contributed by atoms with Crippen LogP contribution in [0.5, 0.6) is 5.75 Å². The monoisotopic (exact) mass is 362 g/mol. The van der Waals surface area contributed by atoms with Crippen LogP contribution in [0.1, 0.15) is 23.2 Å². The van der Waals surface area contributed by atoms with Gasteiger partial charge in [0.25, 0.3) is 5.91 Å². The maximum Gasteiger partial charge on any atom is 0.257 e. The highest BCUT2D eigenvalue weighted by molar-refractivity contribution is 5.97. The van der Waals surface area contributed by atoms with E-state index in [-0.39, 0.29) is 17.7 Å². The lowest BCUT2D eigenvalue weighted by Crippen LogP contribution is -2.46. The molecule has 1 aromatic carbocycles. The van der Waals surface area contributed by atoms with Crippen molar-refractivity contribution in [2.45, 2.75) is 12.8 Å². The molecule has 2 amide bonds. The maximum atomic E-state index is 13.0. The van der Waals surface area contributed by atoms with Crippen molar-refractivity contribution in [3.05, 3.63) is 29.8 Å². The Morgan fingerprint density at radius 3 is 2.85 bits per heavy atom. The molecule has 0 saturated carbocycles. The summed E-state index contributed by atoms with van der Waals surface area (Å²) in [6.07, 6.45) is 1.61. The van der Waals surface area contributed by atoms with Gasteiger partial charge in [-0.3, -0.25) is 9.59 Å². The first-order valence-electron chi connectivity index (χ1n) is 9.16. The minimum atomic E-state index is -0.180. The summed E-state index contributed by atoms with van der Waals surface area (Å²) in [5, 5.41) is 2.82. The van der Waals surface area contributed by atoms with E-state index < -0.39 is 0 Å². The van der Waals surface area contributed by atoms with E-state index in [1.54, 1.807) is 11.0 Å². The molecule has 0 bridgehead atoms. The number of nitrogens with zero attached hydrogens (tertiary/aromatic N) is 2. The zero-order valence-electron chi connectivity index (χ0n) is 15.7. The number of para-hydroxylation sites is 1. The van der Waals surface area contributed by atoms with Gasteiger partial charge >= 0.3 is 0 Å². The molecule has 3 N–H and O–H groups in total. The SMILES string of the molecule is CN(C)CCOc1ccccc1C(=O)N1CCCC(C(=O)NCCN)C1. The van der Waals surface area contributed by atoms with Crippen LogP contribution in [0.4, 0.5) is 0 Å². The molecule has 1 heterocycles. The van der Waals surface area contributed by atoms with Crippen LogP contribution in [0.3, 0.4) is 0 Å². The van der Waals surface area contributed by atoms with Crippen molar-refractivity contribution in [1.82, 2.24) is 15.1 Å². The summed E-state index contributed by atoms with van der Waals surface area (Å²) in [5.41, 5.74) is 5.99. The number of piperidine rings is 1. The van der Waals surface area contributed by atoms with E-state index >= 15 is 0 Å². The van der Waals surface area contributed by atoms with Crippen LogP contribution in [-0.4, -0.2) is 75.0 Å². The van der Waals surface area contributed by atoms with Gasteiger partial charge in [0.2, 0.25) is 5.91 Å². The molecule has 0 spiro atoms. The van der Waals surface area contributed by atoms with Crippen LogP contribution in [0, 0.1) is 5.92 Å². The molecule has 1 aromatic rings. The molecule has 7 heteroatoms. The van der Waals surface area contributed by atoms with Crippen LogP contribution >= 0.6 is 0 Å². The summed E-state index contributed by atoms with van der Waals surface area (Å²) in [5.74, 6) is 0.306. The van der Waals surface area contributed by atoms with E-state index in [1.807, 2.05) is 37.2 Å². The van der Waals surface area contributed by atoms with Crippen molar-refractivity contribution in [2.24, 2.45) is 11.7 Å². The lowest BCUT2D eigenvalue weighted by molar-refractivity contribution is -0.126. The number of nitrogens with two attached hydrogens (primary N) is 1. The second-order valence-corrected chi connectivity index (χ2v) is 6.82. The third-order valence-electron chi connectivity index (χ3n) is 4.44. The number of nitrogens with one attached hydrogen (secondary N) is 1. The van der Waals surface area contributed by atoms with Gasteiger partial charge in [0, 0.05) is 32.7 Å². The number of likely N-dealkylation sites (tertiary alicyclic amines) is 1. The zero-order valence-corrected chi connectivity index (χ0v) is 15.7. The van der Waals surface area contributed by atoms with Crippen molar-refractivity contribution in [3.8, 4) is 5.75 Å². The topological polar surface area (TPSA) is 87.9 Å². The lowest BCUT2D eigenvalue weighted by Gasteiger charge is -2.32. The van der Waals surface area contributed by atoms with Gasteiger partial charge in [0.15, 0.2) is 0 Å². The summed E-state index contributed by atoms with van der Waals surface area (Å²) in [6.45, 7) is 3.26. The predicted octanol–water partition coefficient (Wildman–Crippen LogP) is 0.554. The van der Waals surface area contributed by atoms with E-state index in [9.17, 15) is 9.59 Å². The number of amides is 2. The molecule has 1 aliphatic rings. The Hall–Kier alpha value is -2.12. The number of carbonyl (C=O) groups excluding carboxylic acids is 2. The van der Waals surface area contributed by atoms with Gasteiger partial charge in [-0.15, -0.1) is 0 Å². The van der Waals surface area contributed by atoms with E-state index in [4.69, 9.17) is 10.5 Å². The van der Waals surface area contributed by atoms with Crippen molar-refractivity contribution in [1.29, 1.82) is 0 Å². The number of hydrogen-bond acceptors (Lipinski definition) is 5. The average molecular weight is 362 g/mol. The van der Waals surface area contributed by atoms with Crippen molar-refractivity contribution < 1.29 is 14.3 Å². The van der Waals surface area contributed by atoms with Gasteiger partial charge < -0.3 is 25.6 Å². The van der Waals surface area contributed by atoms with Crippen LogP contribution in [0.15, 0.2) is 24.3 Å². The smallest absolute Gasteiger partial charge is 0.257 e. The number of benzene rings is 1. The third-order valence-corrected chi connectivity index (χ3v) is 4.44. The molecule has 1 unspecified atom stereocenters. The lowest BCUT2D eigenvalue weighted by atomic mass is 9.96. The first kappa shape index (κ1) is 20.2. The largest absolute Gasteiger partial charge is 0.491 e. The van der Waals surface area contributed by atoms with Gasteiger partial charge in [-0.1, -0.05) is 12.1 Å². The Balaban J connectivity index is 2.02. The highest BCUT2D eigenvalue weighted by Gasteiger charge is 2.29. The summed E-state index contributed by atoms with van der Waals surface area (Å²) >= 11 is 0. The van der Waals surface area contributed by atoms with Gasteiger partial charge in [-0.25, -0.2) is 0 Å². The fraction of sp³-hybridized carbons (Fsp3) is 0.579. The molecule has 0 aromatic heterocycles. The van der Waals surface area contributed by atoms with E-state index in [1.165, 1.54) is 0 Å². The van der Waals surface area contributed by atoms with Crippen molar-refractivity contribution >= 4 is 11.8 Å². The first-order chi connectivity index (χ1) is 12.5. The quantitative estimate of drug-likeness (QED) is 0.705. The number of hydrogen-bond donors (Lipinski definition) is 2. The number of rotatable bonds is 8. The molecule has 1 aliphatic heterocycles. The molecule has 2 rings (SSSR count). The molecule has 1 fully saturated rings. The minimum Gasteiger partial charge on any atom is -0.491 e. The van der Waals surface area contributed by atoms with Gasteiger partial charge in [-0.2, -0.15) is 0 Å². The molecule has 26 heavy (non-hydrogen) atoms. The molecule has 0 radical (unpaired) electrons. The van der Waals surface area contributed by atoms with Crippen molar-refractivity contribution in [3.63, 3.8) is 0 Å². The number of likely N-dealkylation sites (N-methyl/N-ethyl adjacent to an activating group) is 1. The Morgan fingerprint density at radius 2 is 2.12 bits per heavy atom. The van der Waals surface area contributed by atoms with E-state index in [0.717, 1.165) is 19.4 Å². The van der Waals surface area contributed by atoms with Gasteiger partial charge in [0.05, 0.1) is 11.5 Å². The fourth-order valence-corrected chi connectivity index (χ4v) is 2.99. The third kappa shape index (κ3) is 5.71. The highest BCUT2D eigenvalue weighted by atomic mass is 16.5. The second kappa shape index (κ2) is 10.1. The summed E-state index contributed by atoms with van der Waals surface area (Å²) in [6, 6.07) is 7.30.